The molecular weight excluding hydrogens is 270 g/mol. The number of amides is 1. The standard InChI is InChI=1S/C15H17N3O3/c16-9-11-4-3-5-12(8-11)17-14(19)10-18-7-2-1-6-13(18)15(20)21/h3-5,8,13H,1-2,6-7,10H2,(H,17,19)(H,20,21). The summed E-state index contributed by atoms with van der Waals surface area (Å²) in [5.74, 6) is -1.15. The molecule has 110 valence electrons. The van der Waals surface area contributed by atoms with Crippen LogP contribution in [0.5, 0.6) is 0 Å². The largest absolute Gasteiger partial charge is 0.480 e. The zero-order valence-corrected chi connectivity index (χ0v) is 11.6. The molecule has 0 spiro atoms. The van der Waals surface area contributed by atoms with Gasteiger partial charge in [0.15, 0.2) is 0 Å². The van der Waals surface area contributed by atoms with Gasteiger partial charge in [-0.3, -0.25) is 14.5 Å². The SMILES string of the molecule is N#Cc1cccc(NC(=O)CN2CCCCC2C(=O)O)c1. The van der Waals surface area contributed by atoms with E-state index >= 15 is 0 Å². The molecule has 0 aromatic heterocycles. The molecule has 1 aliphatic rings. The van der Waals surface area contributed by atoms with Crippen molar-refractivity contribution in [1.29, 1.82) is 5.26 Å². The van der Waals surface area contributed by atoms with Crippen LogP contribution in [0.2, 0.25) is 0 Å². The van der Waals surface area contributed by atoms with Gasteiger partial charge in [0.2, 0.25) is 5.91 Å². The molecule has 0 aliphatic carbocycles. The van der Waals surface area contributed by atoms with E-state index in [1.807, 2.05) is 6.07 Å². The fourth-order valence-corrected chi connectivity index (χ4v) is 2.51. The minimum atomic E-state index is -0.881. The van der Waals surface area contributed by atoms with Crippen molar-refractivity contribution in [2.75, 3.05) is 18.4 Å². The molecule has 1 heterocycles. The molecule has 1 atom stereocenters. The van der Waals surface area contributed by atoms with Gasteiger partial charge in [-0.25, -0.2) is 0 Å². The fourth-order valence-electron chi connectivity index (χ4n) is 2.51. The molecule has 1 aromatic carbocycles. The molecule has 0 saturated carbocycles. The topological polar surface area (TPSA) is 93.4 Å². The summed E-state index contributed by atoms with van der Waals surface area (Å²) >= 11 is 0. The third kappa shape index (κ3) is 4.04. The van der Waals surface area contributed by atoms with E-state index in [4.69, 9.17) is 5.26 Å². The number of piperidine rings is 1. The van der Waals surface area contributed by atoms with Crippen molar-refractivity contribution < 1.29 is 14.7 Å². The van der Waals surface area contributed by atoms with Crippen LogP contribution in [-0.2, 0) is 9.59 Å². The lowest BCUT2D eigenvalue weighted by molar-refractivity contribution is -0.145. The van der Waals surface area contributed by atoms with E-state index in [2.05, 4.69) is 5.32 Å². The van der Waals surface area contributed by atoms with Gasteiger partial charge in [0.25, 0.3) is 0 Å². The van der Waals surface area contributed by atoms with Crippen LogP contribution < -0.4 is 5.32 Å². The normalized spacial score (nSPS) is 18.7. The Morgan fingerprint density at radius 2 is 2.24 bits per heavy atom. The van der Waals surface area contributed by atoms with Crippen molar-refractivity contribution in [3.8, 4) is 6.07 Å². The van der Waals surface area contributed by atoms with E-state index in [1.54, 1.807) is 29.2 Å². The van der Waals surface area contributed by atoms with Crippen LogP contribution in [0, 0.1) is 11.3 Å². The molecule has 2 N–H and O–H groups in total. The Labute approximate surface area is 123 Å². The first kappa shape index (κ1) is 15.0. The van der Waals surface area contributed by atoms with Gasteiger partial charge in [-0.15, -0.1) is 0 Å². The van der Waals surface area contributed by atoms with Crippen molar-refractivity contribution in [3.05, 3.63) is 29.8 Å². The van der Waals surface area contributed by atoms with Crippen LogP contribution in [0.3, 0.4) is 0 Å². The molecule has 1 saturated heterocycles. The Bertz CT molecular complexity index is 580. The van der Waals surface area contributed by atoms with E-state index in [9.17, 15) is 14.7 Å². The number of rotatable bonds is 4. The van der Waals surface area contributed by atoms with Crippen LogP contribution in [0.1, 0.15) is 24.8 Å². The van der Waals surface area contributed by atoms with Gasteiger partial charge in [0, 0.05) is 5.69 Å². The molecule has 1 fully saturated rings. The Morgan fingerprint density at radius 1 is 1.43 bits per heavy atom. The van der Waals surface area contributed by atoms with Gasteiger partial charge in [-0.1, -0.05) is 12.5 Å². The monoisotopic (exact) mass is 287 g/mol. The number of likely N-dealkylation sites (tertiary alicyclic amines) is 1. The van der Waals surface area contributed by atoms with E-state index in [-0.39, 0.29) is 12.5 Å². The highest BCUT2D eigenvalue weighted by Gasteiger charge is 2.29. The predicted molar refractivity (Wildman–Crippen MR) is 76.6 cm³/mol. The second-order valence-electron chi connectivity index (χ2n) is 5.06. The van der Waals surface area contributed by atoms with Crippen molar-refractivity contribution in [2.45, 2.75) is 25.3 Å². The second kappa shape index (κ2) is 6.86. The zero-order chi connectivity index (χ0) is 15.2. The minimum absolute atomic E-state index is 0.0494. The van der Waals surface area contributed by atoms with Gasteiger partial charge in [0.1, 0.15) is 6.04 Å². The summed E-state index contributed by atoms with van der Waals surface area (Å²) in [5, 5.41) is 20.7. The van der Waals surface area contributed by atoms with Gasteiger partial charge in [-0.2, -0.15) is 5.26 Å². The number of hydrogen-bond donors (Lipinski definition) is 2. The number of carbonyl (C=O) groups excluding carboxylic acids is 1. The van der Waals surface area contributed by atoms with Crippen molar-refractivity contribution >= 4 is 17.6 Å². The highest BCUT2D eigenvalue weighted by molar-refractivity contribution is 5.92. The third-order valence-electron chi connectivity index (χ3n) is 3.52. The van der Waals surface area contributed by atoms with E-state index in [0.29, 0.717) is 24.2 Å². The number of nitriles is 1. The molecule has 0 radical (unpaired) electrons. The van der Waals surface area contributed by atoms with E-state index in [0.717, 1.165) is 12.8 Å². The highest BCUT2D eigenvalue weighted by Crippen LogP contribution is 2.17. The number of nitrogens with zero attached hydrogens (tertiary/aromatic N) is 2. The van der Waals surface area contributed by atoms with Crippen molar-refractivity contribution in [2.24, 2.45) is 0 Å². The second-order valence-corrected chi connectivity index (χ2v) is 5.06. The maximum atomic E-state index is 12.0. The van der Waals surface area contributed by atoms with Gasteiger partial charge in [-0.05, 0) is 37.6 Å². The third-order valence-corrected chi connectivity index (χ3v) is 3.52. The van der Waals surface area contributed by atoms with Crippen LogP contribution >= 0.6 is 0 Å². The number of carboxylic acids is 1. The summed E-state index contributed by atoms with van der Waals surface area (Å²) in [7, 11) is 0. The number of nitrogens with one attached hydrogen (secondary N) is 1. The highest BCUT2D eigenvalue weighted by atomic mass is 16.4. The number of hydrogen-bond acceptors (Lipinski definition) is 4. The summed E-state index contributed by atoms with van der Waals surface area (Å²) in [6.45, 7) is 0.663. The van der Waals surface area contributed by atoms with Gasteiger partial charge >= 0.3 is 5.97 Å². The quantitative estimate of drug-likeness (QED) is 0.874. The number of carbonyl (C=O) groups is 2. The number of aliphatic carboxylic acids is 1. The minimum Gasteiger partial charge on any atom is -0.480 e. The first-order valence-electron chi connectivity index (χ1n) is 6.87. The lowest BCUT2D eigenvalue weighted by Gasteiger charge is -2.32. The summed E-state index contributed by atoms with van der Waals surface area (Å²) in [6.07, 6.45) is 2.35. The van der Waals surface area contributed by atoms with Crippen LogP contribution in [-0.4, -0.2) is 41.0 Å². The smallest absolute Gasteiger partial charge is 0.320 e. The average Bonchev–Trinajstić information content (AvgIpc) is 2.47. The first-order chi connectivity index (χ1) is 10.1. The number of carboxylic acid groups (broad SMARTS) is 1. The van der Waals surface area contributed by atoms with Crippen LogP contribution in [0.15, 0.2) is 24.3 Å². The summed E-state index contributed by atoms with van der Waals surface area (Å²) in [4.78, 5) is 24.9. The maximum absolute atomic E-state index is 12.0. The Hall–Kier alpha value is -2.39. The molecule has 1 unspecified atom stereocenters. The molecule has 6 nitrogen and oxygen atoms in total. The Kier molecular flexibility index (Phi) is 4.90. The predicted octanol–water partition coefficient (Wildman–Crippen LogP) is 1.44. The van der Waals surface area contributed by atoms with Crippen LogP contribution in [0.4, 0.5) is 5.69 Å². The first-order valence-corrected chi connectivity index (χ1v) is 6.87. The fraction of sp³-hybridized carbons (Fsp3) is 0.400. The lowest BCUT2D eigenvalue weighted by Crippen LogP contribution is -2.47. The summed E-state index contributed by atoms with van der Waals surface area (Å²) < 4.78 is 0. The Balaban J connectivity index is 1.97. The number of benzene rings is 1. The molecular formula is C15H17N3O3. The molecule has 1 aromatic rings. The average molecular weight is 287 g/mol. The van der Waals surface area contributed by atoms with Crippen LogP contribution in [0.25, 0.3) is 0 Å². The molecule has 6 heteroatoms. The number of anilines is 1. The molecule has 0 bridgehead atoms. The van der Waals surface area contributed by atoms with Gasteiger partial charge in [0.05, 0.1) is 18.2 Å². The van der Waals surface area contributed by atoms with Gasteiger partial charge < -0.3 is 10.4 Å². The zero-order valence-electron chi connectivity index (χ0n) is 11.6. The van der Waals surface area contributed by atoms with Crippen molar-refractivity contribution in [1.82, 2.24) is 4.90 Å². The molecule has 21 heavy (non-hydrogen) atoms. The van der Waals surface area contributed by atoms with E-state index in [1.165, 1.54) is 0 Å². The molecule has 1 amide bonds. The van der Waals surface area contributed by atoms with Crippen molar-refractivity contribution in [3.63, 3.8) is 0 Å². The summed E-state index contributed by atoms with van der Waals surface area (Å²) in [5.41, 5.74) is 1.01. The summed E-state index contributed by atoms with van der Waals surface area (Å²) in [6, 6.07) is 8.04. The van der Waals surface area contributed by atoms with E-state index < -0.39 is 12.0 Å². The maximum Gasteiger partial charge on any atom is 0.320 e. The lowest BCUT2D eigenvalue weighted by atomic mass is 10.0. The Morgan fingerprint density at radius 3 is 2.95 bits per heavy atom. The molecule has 2 rings (SSSR count). The molecule has 1 aliphatic heterocycles.